The Morgan fingerprint density at radius 3 is 2.76 bits per heavy atom. The molecule has 0 bridgehead atoms. The zero-order valence-corrected chi connectivity index (χ0v) is 13.9. The van der Waals surface area contributed by atoms with Gasteiger partial charge in [0, 0.05) is 11.6 Å². The van der Waals surface area contributed by atoms with E-state index in [1.807, 2.05) is 18.2 Å². The molecule has 1 saturated carbocycles. The third-order valence-corrected chi connectivity index (χ3v) is 4.79. The lowest BCUT2D eigenvalue weighted by atomic mass is 10.1. The lowest BCUT2D eigenvalue weighted by Gasteiger charge is -2.12. The SMILES string of the molecule is O=Cc1ccc2c(c1)CC(NC(=O)c1ccc(OCC3CC3)cn1)C2. The summed E-state index contributed by atoms with van der Waals surface area (Å²) in [6, 6.07) is 9.22. The maximum atomic E-state index is 12.4. The van der Waals surface area contributed by atoms with E-state index in [0.29, 0.717) is 22.9 Å². The molecule has 1 N–H and O–H groups in total. The van der Waals surface area contributed by atoms with Crippen molar-refractivity contribution < 1.29 is 14.3 Å². The summed E-state index contributed by atoms with van der Waals surface area (Å²) in [5.74, 6) is 1.21. The highest BCUT2D eigenvalue weighted by Gasteiger charge is 2.24. The largest absolute Gasteiger partial charge is 0.492 e. The molecular weight excluding hydrogens is 316 g/mol. The number of hydrogen-bond donors (Lipinski definition) is 1. The number of aromatic nitrogens is 1. The van der Waals surface area contributed by atoms with Gasteiger partial charge in [-0.25, -0.2) is 4.98 Å². The molecule has 1 amide bonds. The van der Waals surface area contributed by atoms with Gasteiger partial charge in [-0.1, -0.05) is 12.1 Å². The van der Waals surface area contributed by atoms with E-state index in [1.54, 1.807) is 18.3 Å². The van der Waals surface area contributed by atoms with Crippen molar-refractivity contribution in [3.8, 4) is 5.75 Å². The fourth-order valence-corrected chi connectivity index (χ4v) is 3.17. The second-order valence-corrected chi connectivity index (χ2v) is 6.86. The number of amides is 1. The van der Waals surface area contributed by atoms with Crippen LogP contribution in [-0.2, 0) is 12.8 Å². The molecule has 0 spiro atoms. The van der Waals surface area contributed by atoms with Crippen LogP contribution in [0.15, 0.2) is 36.5 Å². The first-order chi connectivity index (χ1) is 12.2. The van der Waals surface area contributed by atoms with Crippen molar-refractivity contribution in [2.45, 2.75) is 31.7 Å². The van der Waals surface area contributed by atoms with Crippen LogP contribution >= 0.6 is 0 Å². The Hall–Kier alpha value is -2.69. The van der Waals surface area contributed by atoms with E-state index in [9.17, 15) is 9.59 Å². The van der Waals surface area contributed by atoms with E-state index >= 15 is 0 Å². The van der Waals surface area contributed by atoms with Crippen molar-refractivity contribution in [2.75, 3.05) is 6.61 Å². The van der Waals surface area contributed by atoms with Crippen molar-refractivity contribution in [1.82, 2.24) is 10.3 Å². The van der Waals surface area contributed by atoms with Gasteiger partial charge in [0.25, 0.3) is 5.91 Å². The van der Waals surface area contributed by atoms with Crippen LogP contribution in [0.3, 0.4) is 0 Å². The number of pyridine rings is 1. The molecule has 5 heteroatoms. The Kier molecular flexibility index (Phi) is 4.22. The van der Waals surface area contributed by atoms with Crippen molar-refractivity contribution >= 4 is 12.2 Å². The number of hydrogen-bond acceptors (Lipinski definition) is 4. The first kappa shape index (κ1) is 15.8. The van der Waals surface area contributed by atoms with Crippen molar-refractivity contribution in [2.24, 2.45) is 5.92 Å². The molecule has 2 aliphatic rings. The smallest absolute Gasteiger partial charge is 0.270 e. The highest BCUT2D eigenvalue weighted by molar-refractivity contribution is 5.92. The van der Waals surface area contributed by atoms with Crippen LogP contribution in [-0.4, -0.2) is 29.8 Å². The number of fused-ring (bicyclic) bond motifs is 1. The molecule has 2 aromatic rings. The van der Waals surface area contributed by atoms with Crippen molar-refractivity contribution in [1.29, 1.82) is 0 Å². The van der Waals surface area contributed by atoms with Gasteiger partial charge in [-0.05, 0) is 60.9 Å². The van der Waals surface area contributed by atoms with Crippen LogP contribution < -0.4 is 10.1 Å². The van der Waals surface area contributed by atoms with Gasteiger partial charge >= 0.3 is 0 Å². The average molecular weight is 336 g/mol. The minimum atomic E-state index is -0.179. The van der Waals surface area contributed by atoms with Crippen LogP contribution in [0.2, 0.25) is 0 Å². The van der Waals surface area contributed by atoms with E-state index in [4.69, 9.17) is 4.74 Å². The molecule has 0 saturated heterocycles. The molecular formula is C20H20N2O3. The third kappa shape index (κ3) is 3.71. The maximum absolute atomic E-state index is 12.4. The number of ether oxygens (including phenoxy) is 1. The zero-order chi connectivity index (χ0) is 17.2. The minimum Gasteiger partial charge on any atom is -0.492 e. The Bertz CT molecular complexity index is 797. The molecule has 128 valence electrons. The lowest BCUT2D eigenvalue weighted by molar-refractivity contribution is 0.0933. The summed E-state index contributed by atoms with van der Waals surface area (Å²) in [5.41, 5.74) is 3.39. The molecule has 5 nitrogen and oxygen atoms in total. The normalized spacial score (nSPS) is 18.5. The molecule has 1 aromatic heterocycles. The Morgan fingerprint density at radius 1 is 1.20 bits per heavy atom. The van der Waals surface area contributed by atoms with Crippen LogP contribution in [0.4, 0.5) is 0 Å². The number of carbonyl (C=O) groups excluding carboxylic acids is 2. The van der Waals surface area contributed by atoms with Gasteiger partial charge in [0.05, 0.1) is 12.8 Å². The quantitative estimate of drug-likeness (QED) is 0.823. The monoisotopic (exact) mass is 336 g/mol. The fourth-order valence-electron chi connectivity index (χ4n) is 3.17. The summed E-state index contributed by atoms with van der Waals surface area (Å²) in [4.78, 5) is 27.5. The number of aldehydes is 1. The predicted octanol–water partition coefficient (Wildman–Crippen LogP) is 2.58. The van der Waals surface area contributed by atoms with Crippen LogP contribution in [0.1, 0.15) is 44.8 Å². The van der Waals surface area contributed by atoms with Gasteiger partial charge in [-0.2, -0.15) is 0 Å². The standard InChI is InChI=1S/C20H20N2O3/c23-11-14-3-4-15-8-17(9-16(15)7-14)22-20(24)19-6-5-18(10-21-19)25-12-13-1-2-13/h3-7,10-11,13,17H,1-2,8-9,12H2,(H,22,24). The van der Waals surface area contributed by atoms with E-state index < -0.39 is 0 Å². The molecule has 1 atom stereocenters. The molecule has 1 heterocycles. The van der Waals surface area contributed by atoms with Gasteiger partial charge in [0.2, 0.25) is 0 Å². The molecule has 1 fully saturated rings. The van der Waals surface area contributed by atoms with Gasteiger partial charge in [0.15, 0.2) is 0 Å². The Labute approximate surface area is 146 Å². The number of nitrogens with one attached hydrogen (secondary N) is 1. The van der Waals surface area contributed by atoms with Crippen LogP contribution in [0.25, 0.3) is 0 Å². The molecule has 4 rings (SSSR count). The van der Waals surface area contributed by atoms with Gasteiger partial charge in [-0.15, -0.1) is 0 Å². The summed E-state index contributed by atoms with van der Waals surface area (Å²) in [5, 5.41) is 3.03. The summed E-state index contributed by atoms with van der Waals surface area (Å²) in [6.45, 7) is 0.732. The summed E-state index contributed by atoms with van der Waals surface area (Å²) in [6.07, 6.45) is 6.46. The molecule has 2 aliphatic carbocycles. The number of nitrogens with zero attached hydrogens (tertiary/aromatic N) is 1. The van der Waals surface area contributed by atoms with E-state index in [1.165, 1.54) is 18.4 Å². The van der Waals surface area contributed by atoms with E-state index in [0.717, 1.165) is 31.3 Å². The molecule has 0 radical (unpaired) electrons. The topological polar surface area (TPSA) is 68.3 Å². The molecule has 1 aromatic carbocycles. The fraction of sp³-hybridized carbons (Fsp3) is 0.350. The first-order valence-electron chi connectivity index (χ1n) is 8.68. The van der Waals surface area contributed by atoms with Crippen LogP contribution in [0.5, 0.6) is 5.75 Å². The Balaban J connectivity index is 1.34. The number of benzene rings is 1. The number of rotatable bonds is 6. The predicted molar refractivity (Wildman–Crippen MR) is 92.9 cm³/mol. The van der Waals surface area contributed by atoms with Gasteiger partial charge < -0.3 is 10.1 Å². The van der Waals surface area contributed by atoms with Crippen molar-refractivity contribution in [3.05, 3.63) is 58.9 Å². The zero-order valence-electron chi connectivity index (χ0n) is 13.9. The second-order valence-electron chi connectivity index (χ2n) is 6.86. The maximum Gasteiger partial charge on any atom is 0.270 e. The number of carbonyl (C=O) groups is 2. The first-order valence-corrected chi connectivity index (χ1v) is 8.68. The molecule has 1 unspecified atom stereocenters. The highest BCUT2D eigenvalue weighted by atomic mass is 16.5. The molecule has 25 heavy (non-hydrogen) atoms. The Morgan fingerprint density at radius 2 is 2.04 bits per heavy atom. The minimum absolute atomic E-state index is 0.0389. The molecule has 0 aliphatic heterocycles. The van der Waals surface area contributed by atoms with Crippen molar-refractivity contribution in [3.63, 3.8) is 0 Å². The summed E-state index contributed by atoms with van der Waals surface area (Å²) >= 11 is 0. The second kappa shape index (κ2) is 6.67. The third-order valence-electron chi connectivity index (χ3n) is 4.79. The van der Waals surface area contributed by atoms with E-state index in [-0.39, 0.29) is 11.9 Å². The van der Waals surface area contributed by atoms with Crippen LogP contribution in [0, 0.1) is 5.92 Å². The van der Waals surface area contributed by atoms with Gasteiger partial charge in [0.1, 0.15) is 17.7 Å². The summed E-state index contributed by atoms with van der Waals surface area (Å²) < 4.78 is 5.64. The van der Waals surface area contributed by atoms with E-state index in [2.05, 4.69) is 10.3 Å². The lowest BCUT2D eigenvalue weighted by Crippen LogP contribution is -2.35. The highest BCUT2D eigenvalue weighted by Crippen LogP contribution is 2.29. The average Bonchev–Trinajstić information content (AvgIpc) is 3.38. The van der Waals surface area contributed by atoms with Gasteiger partial charge in [-0.3, -0.25) is 9.59 Å². The summed E-state index contributed by atoms with van der Waals surface area (Å²) in [7, 11) is 0.